The summed E-state index contributed by atoms with van der Waals surface area (Å²) in [5.74, 6) is -0.379. The SMILES string of the molecule is CCN(CCO)C(=O)C(C)(C)c1ccc(F)cc1. The zero-order valence-electron chi connectivity index (χ0n) is 11.1. The summed E-state index contributed by atoms with van der Waals surface area (Å²) in [7, 11) is 0. The van der Waals surface area contributed by atoms with E-state index in [1.165, 1.54) is 12.1 Å². The molecule has 1 rings (SSSR count). The van der Waals surface area contributed by atoms with Gasteiger partial charge >= 0.3 is 0 Å². The van der Waals surface area contributed by atoms with Crippen molar-refractivity contribution in [1.29, 1.82) is 0 Å². The number of nitrogens with zero attached hydrogens (tertiary/aromatic N) is 1. The van der Waals surface area contributed by atoms with E-state index in [0.717, 1.165) is 5.56 Å². The summed E-state index contributed by atoms with van der Waals surface area (Å²) in [6.07, 6.45) is 0. The quantitative estimate of drug-likeness (QED) is 0.871. The number of carbonyl (C=O) groups excluding carboxylic acids is 1. The van der Waals surface area contributed by atoms with Gasteiger partial charge in [-0.05, 0) is 38.5 Å². The van der Waals surface area contributed by atoms with Crippen LogP contribution in [0.3, 0.4) is 0 Å². The van der Waals surface area contributed by atoms with Crippen LogP contribution in [0.4, 0.5) is 4.39 Å². The van der Waals surface area contributed by atoms with Crippen molar-refractivity contribution in [2.75, 3.05) is 19.7 Å². The van der Waals surface area contributed by atoms with Crippen molar-refractivity contribution in [3.05, 3.63) is 35.6 Å². The molecule has 0 atom stereocenters. The summed E-state index contributed by atoms with van der Waals surface area (Å²) < 4.78 is 12.9. The standard InChI is InChI=1S/C14H20FNO2/c1-4-16(9-10-17)13(18)14(2,3)11-5-7-12(15)8-6-11/h5-8,17H,4,9-10H2,1-3H3. The lowest BCUT2D eigenvalue weighted by Gasteiger charge is -2.31. The maximum absolute atomic E-state index is 12.9. The van der Waals surface area contributed by atoms with E-state index < -0.39 is 5.41 Å². The molecule has 0 fully saturated rings. The Bertz CT molecular complexity index is 401. The molecule has 0 unspecified atom stereocenters. The van der Waals surface area contributed by atoms with Crippen LogP contribution in [0.15, 0.2) is 24.3 Å². The minimum atomic E-state index is -0.723. The highest BCUT2D eigenvalue weighted by Crippen LogP contribution is 2.25. The van der Waals surface area contributed by atoms with Crippen molar-refractivity contribution < 1.29 is 14.3 Å². The van der Waals surface area contributed by atoms with Crippen LogP contribution in [-0.2, 0) is 10.2 Å². The molecular formula is C14H20FNO2. The molecule has 0 bridgehead atoms. The number of carbonyl (C=O) groups is 1. The van der Waals surface area contributed by atoms with Gasteiger partial charge in [0.1, 0.15) is 5.82 Å². The molecule has 0 aliphatic heterocycles. The molecular weight excluding hydrogens is 233 g/mol. The number of amides is 1. The van der Waals surface area contributed by atoms with Crippen molar-refractivity contribution in [3.63, 3.8) is 0 Å². The minimum Gasteiger partial charge on any atom is -0.395 e. The van der Waals surface area contributed by atoms with Crippen molar-refractivity contribution in [2.45, 2.75) is 26.2 Å². The van der Waals surface area contributed by atoms with Gasteiger partial charge in [-0.25, -0.2) is 4.39 Å². The Morgan fingerprint density at radius 1 is 1.33 bits per heavy atom. The molecule has 3 nitrogen and oxygen atoms in total. The molecule has 0 heterocycles. The second-order valence-electron chi connectivity index (χ2n) is 4.74. The Kier molecular flexibility index (Phi) is 4.84. The zero-order chi connectivity index (χ0) is 13.8. The number of hydrogen-bond donors (Lipinski definition) is 1. The molecule has 0 spiro atoms. The van der Waals surface area contributed by atoms with E-state index in [1.807, 2.05) is 20.8 Å². The monoisotopic (exact) mass is 253 g/mol. The van der Waals surface area contributed by atoms with Crippen LogP contribution in [0, 0.1) is 5.82 Å². The van der Waals surface area contributed by atoms with Gasteiger partial charge in [-0.2, -0.15) is 0 Å². The van der Waals surface area contributed by atoms with E-state index in [1.54, 1.807) is 17.0 Å². The Morgan fingerprint density at radius 3 is 2.33 bits per heavy atom. The van der Waals surface area contributed by atoms with Gasteiger partial charge in [-0.15, -0.1) is 0 Å². The van der Waals surface area contributed by atoms with Gasteiger partial charge in [0.25, 0.3) is 0 Å². The first-order chi connectivity index (χ1) is 8.43. The maximum Gasteiger partial charge on any atom is 0.232 e. The van der Waals surface area contributed by atoms with Crippen LogP contribution < -0.4 is 0 Å². The highest BCUT2D eigenvalue weighted by atomic mass is 19.1. The number of rotatable bonds is 5. The summed E-state index contributed by atoms with van der Waals surface area (Å²) >= 11 is 0. The van der Waals surface area contributed by atoms with E-state index in [9.17, 15) is 9.18 Å². The van der Waals surface area contributed by atoms with Gasteiger partial charge in [-0.1, -0.05) is 12.1 Å². The molecule has 0 radical (unpaired) electrons. The molecule has 100 valence electrons. The first-order valence-corrected chi connectivity index (χ1v) is 6.09. The smallest absolute Gasteiger partial charge is 0.232 e. The molecule has 1 aromatic carbocycles. The van der Waals surface area contributed by atoms with Gasteiger partial charge in [0.05, 0.1) is 12.0 Å². The average Bonchev–Trinajstić information content (AvgIpc) is 2.35. The molecule has 0 aromatic heterocycles. The molecule has 1 N–H and O–H groups in total. The van der Waals surface area contributed by atoms with Gasteiger partial charge in [-0.3, -0.25) is 4.79 Å². The Balaban J connectivity index is 2.97. The molecule has 0 saturated heterocycles. The highest BCUT2D eigenvalue weighted by molar-refractivity contribution is 5.87. The third kappa shape index (κ3) is 3.07. The van der Waals surface area contributed by atoms with Crippen LogP contribution in [-0.4, -0.2) is 35.6 Å². The van der Waals surface area contributed by atoms with Gasteiger partial charge < -0.3 is 10.0 Å². The number of aliphatic hydroxyl groups excluding tert-OH is 1. The van der Waals surface area contributed by atoms with Gasteiger partial charge in [0, 0.05) is 13.1 Å². The number of halogens is 1. The molecule has 0 saturated carbocycles. The van der Waals surface area contributed by atoms with Crippen LogP contribution in [0.5, 0.6) is 0 Å². The fourth-order valence-electron chi connectivity index (χ4n) is 1.91. The van der Waals surface area contributed by atoms with Crippen LogP contribution >= 0.6 is 0 Å². The molecule has 1 amide bonds. The van der Waals surface area contributed by atoms with Crippen molar-refractivity contribution in [2.24, 2.45) is 0 Å². The first kappa shape index (κ1) is 14.6. The zero-order valence-corrected chi connectivity index (χ0v) is 11.1. The first-order valence-electron chi connectivity index (χ1n) is 6.09. The van der Waals surface area contributed by atoms with E-state index in [-0.39, 0.29) is 18.3 Å². The molecule has 1 aromatic rings. The number of hydrogen-bond acceptors (Lipinski definition) is 2. The summed E-state index contributed by atoms with van der Waals surface area (Å²) in [6, 6.07) is 5.96. The second kappa shape index (κ2) is 5.96. The topological polar surface area (TPSA) is 40.5 Å². The summed E-state index contributed by atoms with van der Waals surface area (Å²) in [5.41, 5.74) is 0.0455. The third-order valence-electron chi connectivity index (χ3n) is 3.14. The lowest BCUT2D eigenvalue weighted by atomic mass is 9.83. The van der Waals surface area contributed by atoms with Gasteiger partial charge in [0.15, 0.2) is 0 Å². The highest BCUT2D eigenvalue weighted by Gasteiger charge is 2.32. The lowest BCUT2D eigenvalue weighted by molar-refractivity contribution is -0.136. The van der Waals surface area contributed by atoms with Crippen molar-refractivity contribution in [1.82, 2.24) is 4.90 Å². The average molecular weight is 253 g/mol. The van der Waals surface area contributed by atoms with E-state index in [0.29, 0.717) is 13.1 Å². The van der Waals surface area contributed by atoms with Crippen molar-refractivity contribution >= 4 is 5.91 Å². The number of likely N-dealkylation sites (N-methyl/N-ethyl adjacent to an activating group) is 1. The minimum absolute atomic E-state index is 0.0565. The molecule has 0 aliphatic carbocycles. The molecule has 0 aliphatic rings. The third-order valence-corrected chi connectivity index (χ3v) is 3.14. The van der Waals surface area contributed by atoms with Gasteiger partial charge in [0.2, 0.25) is 5.91 Å². The Labute approximate surface area is 107 Å². The predicted molar refractivity (Wildman–Crippen MR) is 68.8 cm³/mol. The number of benzene rings is 1. The maximum atomic E-state index is 12.9. The summed E-state index contributed by atoms with van der Waals surface area (Å²) in [6.45, 7) is 6.29. The van der Waals surface area contributed by atoms with Crippen LogP contribution in [0.25, 0.3) is 0 Å². The molecule has 4 heteroatoms. The van der Waals surface area contributed by atoms with E-state index in [4.69, 9.17) is 5.11 Å². The van der Waals surface area contributed by atoms with Crippen LogP contribution in [0.2, 0.25) is 0 Å². The Hall–Kier alpha value is -1.42. The predicted octanol–water partition coefficient (Wildman–Crippen LogP) is 1.94. The lowest BCUT2D eigenvalue weighted by Crippen LogP contribution is -2.44. The summed E-state index contributed by atoms with van der Waals surface area (Å²) in [5, 5.41) is 8.95. The largest absolute Gasteiger partial charge is 0.395 e. The Morgan fingerprint density at radius 2 is 1.89 bits per heavy atom. The number of aliphatic hydroxyl groups is 1. The normalized spacial score (nSPS) is 11.4. The molecule has 18 heavy (non-hydrogen) atoms. The van der Waals surface area contributed by atoms with E-state index in [2.05, 4.69) is 0 Å². The fourth-order valence-corrected chi connectivity index (χ4v) is 1.91. The fraction of sp³-hybridized carbons (Fsp3) is 0.500. The second-order valence-corrected chi connectivity index (χ2v) is 4.74. The summed E-state index contributed by atoms with van der Waals surface area (Å²) in [4.78, 5) is 14.0. The van der Waals surface area contributed by atoms with Crippen molar-refractivity contribution in [3.8, 4) is 0 Å². The van der Waals surface area contributed by atoms with Crippen LogP contribution in [0.1, 0.15) is 26.3 Å². The van der Waals surface area contributed by atoms with E-state index >= 15 is 0 Å².